The quantitative estimate of drug-likeness (QED) is 0.568. The average Bonchev–Trinajstić information content (AvgIpc) is 3.22. The number of aromatic nitrogens is 3. The van der Waals surface area contributed by atoms with E-state index in [1.54, 1.807) is 7.11 Å². The third-order valence-corrected chi connectivity index (χ3v) is 6.09. The molecule has 8 heteroatoms. The molecule has 1 fully saturated rings. The van der Waals surface area contributed by atoms with E-state index in [1.165, 1.54) is 11.8 Å². The SMILES string of the molecule is COc1ccc(-c2nnc(SCC(=O)N3CCN(C)CC3)n2-c2ccccc2)cc1. The molecule has 1 aliphatic heterocycles. The van der Waals surface area contributed by atoms with Gasteiger partial charge in [0.15, 0.2) is 11.0 Å². The second-order valence-electron chi connectivity index (χ2n) is 7.18. The number of amides is 1. The predicted molar refractivity (Wildman–Crippen MR) is 118 cm³/mol. The standard InChI is InChI=1S/C22H25N5O2S/c1-25-12-14-26(15-13-25)20(28)16-30-22-24-23-21(17-8-10-19(29-2)11-9-17)27(22)18-6-4-3-5-7-18/h3-11H,12-16H2,1-2H3. The number of thioether (sulfide) groups is 1. The van der Waals surface area contributed by atoms with E-state index in [0.29, 0.717) is 10.9 Å². The zero-order valence-electron chi connectivity index (χ0n) is 17.2. The maximum absolute atomic E-state index is 12.7. The minimum Gasteiger partial charge on any atom is -0.497 e. The molecular formula is C22H25N5O2S. The highest BCUT2D eigenvalue weighted by molar-refractivity contribution is 7.99. The minimum absolute atomic E-state index is 0.140. The number of carbonyl (C=O) groups is 1. The lowest BCUT2D eigenvalue weighted by Gasteiger charge is -2.32. The number of nitrogens with zero attached hydrogens (tertiary/aromatic N) is 5. The molecule has 0 bridgehead atoms. The highest BCUT2D eigenvalue weighted by atomic mass is 32.2. The maximum Gasteiger partial charge on any atom is 0.233 e. The highest BCUT2D eigenvalue weighted by Gasteiger charge is 2.21. The highest BCUT2D eigenvalue weighted by Crippen LogP contribution is 2.29. The topological polar surface area (TPSA) is 63.5 Å². The third kappa shape index (κ3) is 4.49. The Labute approximate surface area is 180 Å². The van der Waals surface area contributed by atoms with Gasteiger partial charge in [-0.2, -0.15) is 0 Å². The van der Waals surface area contributed by atoms with Gasteiger partial charge < -0.3 is 14.5 Å². The number of carbonyl (C=O) groups excluding carboxylic acids is 1. The number of benzene rings is 2. The number of likely N-dealkylation sites (N-methyl/N-ethyl adjacent to an activating group) is 1. The number of hydrogen-bond acceptors (Lipinski definition) is 6. The Hall–Kier alpha value is -2.84. The Kier molecular flexibility index (Phi) is 6.35. The molecule has 0 spiro atoms. The van der Waals surface area contributed by atoms with Crippen LogP contribution in [0.25, 0.3) is 17.1 Å². The lowest BCUT2D eigenvalue weighted by Crippen LogP contribution is -2.47. The fourth-order valence-electron chi connectivity index (χ4n) is 3.37. The molecular weight excluding hydrogens is 398 g/mol. The van der Waals surface area contributed by atoms with Gasteiger partial charge in [0, 0.05) is 37.4 Å². The lowest BCUT2D eigenvalue weighted by molar-refractivity contribution is -0.129. The van der Waals surface area contributed by atoms with Gasteiger partial charge in [-0.25, -0.2) is 0 Å². The normalized spacial score (nSPS) is 14.7. The number of rotatable bonds is 6. The molecule has 0 aliphatic carbocycles. The summed E-state index contributed by atoms with van der Waals surface area (Å²) in [5, 5.41) is 9.55. The summed E-state index contributed by atoms with van der Waals surface area (Å²) < 4.78 is 7.27. The minimum atomic E-state index is 0.140. The Balaban J connectivity index is 1.58. The number of para-hydroxylation sites is 1. The van der Waals surface area contributed by atoms with Gasteiger partial charge in [-0.05, 0) is 43.4 Å². The van der Waals surface area contributed by atoms with Crippen molar-refractivity contribution in [3.8, 4) is 22.8 Å². The van der Waals surface area contributed by atoms with Crippen LogP contribution in [0.4, 0.5) is 0 Å². The zero-order valence-corrected chi connectivity index (χ0v) is 18.0. The van der Waals surface area contributed by atoms with Crippen LogP contribution >= 0.6 is 11.8 Å². The number of hydrogen-bond donors (Lipinski definition) is 0. The van der Waals surface area contributed by atoms with Crippen molar-refractivity contribution in [1.82, 2.24) is 24.6 Å². The van der Waals surface area contributed by atoms with E-state index >= 15 is 0 Å². The molecule has 156 valence electrons. The molecule has 1 aromatic heterocycles. The van der Waals surface area contributed by atoms with Gasteiger partial charge in [-0.1, -0.05) is 30.0 Å². The van der Waals surface area contributed by atoms with Gasteiger partial charge >= 0.3 is 0 Å². The Morgan fingerprint density at radius 3 is 2.37 bits per heavy atom. The first-order chi connectivity index (χ1) is 14.7. The van der Waals surface area contributed by atoms with Crippen LogP contribution in [0.5, 0.6) is 5.75 Å². The van der Waals surface area contributed by atoms with Crippen LogP contribution < -0.4 is 4.74 Å². The van der Waals surface area contributed by atoms with Crippen molar-refractivity contribution in [2.75, 3.05) is 46.1 Å². The molecule has 7 nitrogen and oxygen atoms in total. The summed E-state index contributed by atoms with van der Waals surface area (Å²) in [6.07, 6.45) is 0. The van der Waals surface area contributed by atoms with Crippen LogP contribution in [0.3, 0.4) is 0 Å². The summed E-state index contributed by atoms with van der Waals surface area (Å²) in [6, 6.07) is 17.7. The molecule has 1 aliphatic rings. The molecule has 30 heavy (non-hydrogen) atoms. The van der Waals surface area contributed by atoms with Crippen molar-refractivity contribution >= 4 is 17.7 Å². The van der Waals surface area contributed by atoms with E-state index in [2.05, 4.69) is 22.1 Å². The molecule has 2 aromatic carbocycles. The van der Waals surface area contributed by atoms with Gasteiger partial charge in [0.05, 0.1) is 12.9 Å². The second-order valence-corrected chi connectivity index (χ2v) is 8.12. The second kappa shape index (κ2) is 9.32. The van der Waals surface area contributed by atoms with Crippen molar-refractivity contribution in [2.45, 2.75) is 5.16 Å². The predicted octanol–water partition coefficient (Wildman–Crippen LogP) is 2.81. The van der Waals surface area contributed by atoms with Crippen LogP contribution in [0.2, 0.25) is 0 Å². The number of methoxy groups -OCH3 is 1. The van der Waals surface area contributed by atoms with Gasteiger partial charge in [0.1, 0.15) is 5.75 Å². The Morgan fingerprint density at radius 1 is 1.00 bits per heavy atom. The van der Waals surface area contributed by atoms with Crippen LogP contribution in [-0.4, -0.2) is 76.6 Å². The number of piperazine rings is 1. The molecule has 1 saturated heterocycles. The van der Waals surface area contributed by atoms with Crippen LogP contribution in [0.15, 0.2) is 59.8 Å². The molecule has 3 aromatic rings. The smallest absolute Gasteiger partial charge is 0.233 e. The monoisotopic (exact) mass is 423 g/mol. The Bertz CT molecular complexity index is 983. The van der Waals surface area contributed by atoms with E-state index in [-0.39, 0.29) is 5.91 Å². The van der Waals surface area contributed by atoms with Gasteiger partial charge in [0.2, 0.25) is 5.91 Å². The average molecular weight is 424 g/mol. The van der Waals surface area contributed by atoms with E-state index in [9.17, 15) is 4.79 Å². The molecule has 0 radical (unpaired) electrons. The first-order valence-corrected chi connectivity index (χ1v) is 10.9. The van der Waals surface area contributed by atoms with Crippen LogP contribution in [0, 0.1) is 0 Å². The molecule has 0 N–H and O–H groups in total. The lowest BCUT2D eigenvalue weighted by atomic mass is 10.2. The summed E-state index contributed by atoms with van der Waals surface area (Å²) >= 11 is 1.43. The molecule has 0 atom stereocenters. The van der Waals surface area contributed by atoms with Crippen LogP contribution in [0.1, 0.15) is 0 Å². The van der Waals surface area contributed by atoms with E-state index < -0.39 is 0 Å². The molecule has 0 saturated carbocycles. The Morgan fingerprint density at radius 2 is 1.70 bits per heavy atom. The first kappa shape index (κ1) is 20.4. The van der Waals surface area contributed by atoms with Crippen molar-refractivity contribution in [3.05, 3.63) is 54.6 Å². The maximum atomic E-state index is 12.7. The fourth-order valence-corrected chi connectivity index (χ4v) is 4.23. The van der Waals surface area contributed by atoms with Crippen molar-refractivity contribution < 1.29 is 9.53 Å². The van der Waals surface area contributed by atoms with Gasteiger partial charge in [-0.3, -0.25) is 9.36 Å². The summed E-state index contributed by atoms with van der Waals surface area (Å²) in [5.74, 6) is 2.01. The van der Waals surface area contributed by atoms with Crippen molar-refractivity contribution in [2.24, 2.45) is 0 Å². The van der Waals surface area contributed by atoms with Crippen molar-refractivity contribution in [3.63, 3.8) is 0 Å². The summed E-state index contributed by atoms with van der Waals surface area (Å²) in [7, 11) is 3.73. The zero-order chi connectivity index (χ0) is 20.9. The summed E-state index contributed by atoms with van der Waals surface area (Å²) in [6.45, 7) is 3.38. The van der Waals surface area contributed by atoms with E-state index in [0.717, 1.165) is 49.0 Å². The summed E-state index contributed by atoms with van der Waals surface area (Å²) in [4.78, 5) is 16.9. The van der Waals surface area contributed by atoms with Crippen LogP contribution in [-0.2, 0) is 4.79 Å². The molecule has 1 amide bonds. The number of ether oxygens (including phenoxy) is 1. The van der Waals surface area contributed by atoms with E-state index in [4.69, 9.17) is 4.74 Å². The fraction of sp³-hybridized carbons (Fsp3) is 0.318. The van der Waals surface area contributed by atoms with Gasteiger partial charge in [-0.15, -0.1) is 10.2 Å². The summed E-state index contributed by atoms with van der Waals surface area (Å²) in [5.41, 5.74) is 1.90. The largest absolute Gasteiger partial charge is 0.497 e. The molecule has 2 heterocycles. The van der Waals surface area contributed by atoms with Crippen molar-refractivity contribution in [1.29, 1.82) is 0 Å². The first-order valence-electron chi connectivity index (χ1n) is 9.90. The molecule has 4 rings (SSSR count). The molecule has 0 unspecified atom stereocenters. The third-order valence-electron chi connectivity index (χ3n) is 5.18. The van der Waals surface area contributed by atoms with Gasteiger partial charge in [0.25, 0.3) is 0 Å². The van der Waals surface area contributed by atoms with E-state index in [1.807, 2.05) is 64.1 Å².